The van der Waals surface area contributed by atoms with Crippen molar-refractivity contribution in [3.05, 3.63) is 89.5 Å². The van der Waals surface area contributed by atoms with Crippen LogP contribution in [0.3, 0.4) is 0 Å². The summed E-state index contributed by atoms with van der Waals surface area (Å²) in [6.07, 6.45) is 7.00. The lowest BCUT2D eigenvalue weighted by atomic mass is 10.0. The number of benzene rings is 3. The second-order valence-electron chi connectivity index (χ2n) is 11.5. The summed E-state index contributed by atoms with van der Waals surface area (Å²) in [5.74, 6) is 0.216. The van der Waals surface area contributed by atoms with Crippen LogP contribution in [-0.2, 0) is 22.5 Å². The third-order valence-electron chi connectivity index (χ3n) is 7.38. The Hall–Kier alpha value is -3.43. The number of ether oxygens (including phenoxy) is 3. The van der Waals surface area contributed by atoms with Gasteiger partial charge in [0, 0.05) is 50.5 Å². The molecular formula is C35H47N3O5. The molecule has 4 N–H and O–H groups in total. The van der Waals surface area contributed by atoms with Gasteiger partial charge in [-0.2, -0.15) is 0 Å². The zero-order valence-corrected chi connectivity index (χ0v) is 25.6. The first-order chi connectivity index (χ1) is 20.9. The van der Waals surface area contributed by atoms with Gasteiger partial charge in [-0.15, -0.1) is 0 Å². The van der Waals surface area contributed by atoms with Crippen LogP contribution in [0.4, 0.5) is 16.2 Å². The number of aryl methyl sites for hydroxylation is 1. The van der Waals surface area contributed by atoms with Gasteiger partial charge in [0.05, 0.1) is 12.7 Å². The van der Waals surface area contributed by atoms with E-state index in [-0.39, 0.29) is 6.03 Å². The normalized spacial score (nSPS) is 14.4. The molecule has 43 heavy (non-hydrogen) atoms. The quantitative estimate of drug-likeness (QED) is 0.124. The van der Waals surface area contributed by atoms with Crippen molar-refractivity contribution in [2.45, 2.75) is 77.3 Å². The number of aliphatic hydroxyl groups is 1. The largest absolute Gasteiger partial charge is 0.463 e. The highest BCUT2D eigenvalue weighted by atomic mass is 16.7. The van der Waals surface area contributed by atoms with Crippen LogP contribution in [-0.4, -0.2) is 43.2 Å². The van der Waals surface area contributed by atoms with E-state index in [0.29, 0.717) is 13.2 Å². The van der Waals surface area contributed by atoms with Crippen molar-refractivity contribution in [3.63, 3.8) is 0 Å². The number of nitrogens with one attached hydrogen (secondary N) is 3. The Balaban J connectivity index is 0.953. The fourth-order valence-corrected chi connectivity index (χ4v) is 4.93. The zero-order chi connectivity index (χ0) is 30.3. The van der Waals surface area contributed by atoms with Crippen molar-refractivity contribution >= 4 is 17.4 Å². The van der Waals surface area contributed by atoms with Crippen molar-refractivity contribution in [2.75, 3.05) is 36.9 Å². The maximum Gasteiger partial charge on any atom is 0.323 e. The molecule has 232 valence electrons. The van der Waals surface area contributed by atoms with E-state index in [4.69, 9.17) is 14.2 Å². The monoisotopic (exact) mass is 589 g/mol. The van der Waals surface area contributed by atoms with Gasteiger partial charge < -0.3 is 35.3 Å². The van der Waals surface area contributed by atoms with E-state index in [0.717, 1.165) is 93.0 Å². The van der Waals surface area contributed by atoms with Crippen LogP contribution in [0.1, 0.15) is 75.2 Å². The standard InChI is InChI=1S/C35H47N3O5/c1-35(2)42-26-29-24-28(17-20-33(29)43-35)32(39)25-36-21-9-3-4-10-22-41-23-11-8-12-27-15-18-31(19-16-27)38-34(40)37-30-13-6-5-7-14-30/h5-7,13-20,24,32,36,39H,3-4,8-12,21-23,25-26H2,1-2H3,(H2,37,38,40)/t32-/m1/s1. The summed E-state index contributed by atoms with van der Waals surface area (Å²) in [4.78, 5) is 12.1. The lowest BCUT2D eigenvalue weighted by molar-refractivity contribution is -0.180. The molecule has 4 rings (SSSR count). The molecular weight excluding hydrogens is 542 g/mol. The van der Waals surface area contributed by atoms with Gasteiger partial charge in [-0.1, -0.05) is 49.2 Å². The molecule has 8 nitrogen and oxygen atoms in total. The molecule has 8 heteroatoms. The molecule has 1 aliphatic rings. The van der Waals surface area contributed by atoms with E-state index in [1.165, 1.54) is 5.56 Å². The summed E-state index contributed by atoms with van der Waals surface area (Å²) < 4.78 is 17.4. The molecule has 0 saturated heterocycles. The number of hydrogen-bond donors (Lipinski definition) is 4. The average Bonchev–Trinajstić information content (AvgIpc) is 3.00. The first-order valence-electron chi connectivity index (χ1n) is 15.5. The van der Waals surface area contributed by atoms with Gasteiger partial charge in [-0.3, -0.25) is 0 Å². The molecule has 3 aromatic rings. The number of unbranched alkanes of at least 4 members (excludes halogenated alkanes) is 4. The van der Waals surface area contributed by atoms with Crippen LogP contribution in [0.5, 0.6) is 5.75 Å². The number of carbonyl (C=O) groups is 1. The van der Waals surface area contributed by atoms with Gasteiger partial charge in [0.25, 0.3) is 0 Å². The van der Waals surface area contributed by atoms with Crippen molar-refractivity contribution in [1.82, 2.24) is 5.32 Å². The maximum absolute atomic E-state index is 12.1. The number of hydrogen-bond acceptors (Lipinski definition) is 6. The number of aliphatic hydroxyl groups excluding tert-OH is 1. The fourth-order valence-electron chi connectivity index (χ4n) is 4.93. The SMILES string of the molecule is CC1(C)OCc2cc([C@H](O)CNCCCCCCOCCCCc3ccc(NC(=O)Nc4ccccc4)cc3)ccc2O1. The Kier molecular flexibility index (Phi) is 12.9. The zero-order valence-electron chi connectivity index (χ0n) is 25.6. The molecule has 0 bridgehead atoms. The molecule has 1 atom stereocenters. The molecule has 1 aliphatic heterocycles. The molecule has 1 heterocycles. The highest BCUT2D eigenvalue weighted by Gasteiger charge is 2.27. The summed E-state index contributed by atoms with van der Waals surface area (Å²) in [5.41, 5.74) is 4.65. The van der Waals surface area contributed by atoms with E-state index >= 15 is 0 Å². The second kappa shape index (κ2) is 17.0. The summed E-state index contributed by atoms with van der Waals surface area (Å²) >= 11 is 0. The van der Waals surface area contributed by atoms with Gasteiger partial charge in [0.1, 0.15) is 5.75 Å². The molecule has 0 aromatic heterocycles. The number of fused-ring (bicyclic) bond motifs is 1. The van der Waals surface area contributed by atoms with Crippen LogP contribution in [0.2, 0.25) is 0 Å². The van der Waals surface area contributed by atoms with E-state index in [1.807, 2.05) is 74.5 Å². The summed E-state index contributed by atoms with van der Waals surface area (Å²) in [6.45, 7) is 7.31. The minimum atomic E-state index is -0.610. The second-order valence-corrected chi connectivity index (χ2v) is 11.5. The molecule has 3 aromatic carbocycles. The Morgan fingerprint density at radius 3 is 2.35 bits per heavy atom. The van der Waals surface area contributed by atoms with E-state index in [9.17, 15) is 9.90 Å². The highest BCUT2D eigenvalue weighted by molar-refractivity contribution is 5.99. The molecule has 2 amide bonds. The predicted octanol–water partition coefficient (Wildman–Crippen LogP) is 7.20. The number of anilines is 2. The van der Waals surface area contributed by atoms with Crippen LogP contribution in [0.25, 0.3) is 0 Å². The van der Waals surface area contributed by atoms with Crippen LogP contribution >= 0.6 is 0 Å². The molecule has 0 radical (unpaired) electrons. The van der Waals surface area contributed by atoms with Crippen LogP contribution in [0, 0.1) is 0 Å². The van der Waals surface area contributed by atoms with Crippen molar-refractivity contribution < 1.29 is 24.1 Å². The minimum absolute atomic E-state index is 0.249. The third kappa shape index (κ3) is 11.6. The Labute approximate surface area is 256 Å². The molecule has 0 fully saturated rings. The number of rotatable bonds is 17. The lowest BCUT2D eigenvalue weighted by Gasteiger charge is -2.33. The van der Waals surface area contributed by atoms with E-state index in [2.05, 4.69) is 28.1 Å². The fraction of sp³-hybridized carbons (Fsp3) is 0.457. The van der Waals surface area contributed by atoms with Crippen molar-refractivity contribution in [2.24, 2.45) is 0 Å². The first kappa shape index (κ1) is 32.5. The van der Waals surface area contributed by atoms with Gasteiger partial charge in [0.2, 0.25) is 5.79 Å². The van der Waals surface area contributed by atoms with Gasteiger partial charge in [-0.05, 0) is 86.2 Å². The van der Waals surface area contributed by atoms with Gasteiger partial charge in [-0.25, -0.2) is 4.79 Å². The Morgan fingerprint density at radius 1 is 0.884 bits per heavy atom. The summed E-state index contributed by atoms with van der Waals surface area (Å²) in [5, 5.41) is 19.6. The van der Waals surface area contributed by atoms with Crippen molar-refractivity contribution in [1.29, 1.82) is 0 Å². The Bertz CT molecular complexity index is 1250. The topological polar surface area (TPSA) is 101 Å². The maximum atomic E-state index is 12.1. The summed E-state index contributed by atoms with van der Waals surface area (Å²) in [6, 6.07) is 23.0. The van der Waals surface area contributed by atoms with E-state index < -0.39 is 11.9 Å². The Morgan fingerprint density at radius 2 is 1.58 bits per heavy atom. The first-order valence-corrected chi connectivity index (χ1v) is 15.5. The molecule has 0 saturated carbocycles. The van der Waals surface area contributed by atoms with Crippen LogP contribution in [0.15, 0.2) is 72.8 Å². The van der Waals surface area contributed by atoms with Crippen molar-refractivity contribution in [3.8, 4) is 5.75 Å². The summed E-state index contributed by atoms with van der Waals surface area (Å²) in [7, 11) is 0. The number of amides is 2. The number of carbonyl (C=O) groups excluding carboxylic acids is 1. The molecule has 0 aliphatic carbocycles. The predicted molar refractivity (Wildman–Crippen MR) is 172 cm³/mol. The van der Waals surface area contributed by atoms with E-state index in [1.54, 1.807) is 0 Å². The third-order valence-corrected chi connectivity index (χ3v) is 7.38. The number of urea groups is 1. The minimum Gasteiger partial charge on any atom is -0.463 e. The molecule has 0 unspecified atom stereocenters. The highest BCUT2D eigenvalue weighted by Crippen LogP contribution is 2.32. The average molecular weight is 590 g/mol. The van der Waals surface area contributed by atoms with Crippen LogP contribution < -0.4 is 20.7 Å². The van der Waals surface area contributed by atoms with Gasteiger partial charge in [0.15, 0.2) is 0 Å². The van der Waals surface area contributed by atoms with Gasteiger partial charge >= 0.3 is 6.03 Å². The molecule has 0 spiro atoms. The smallest absolute Gasteiger partial charge is 0.323 e. The lowest BCUT2D eigenvalue weighted by Crippen LogP contribution is -2.35. The number of para-hydroxylation sites is 1.